The summed E-state index contributed by atoms with van der Waals surface area (Å²) in [5.74, 6) is -0.666. The summed E-state index contributed by atoms with van der Waals surface area (Å²) in [4.78, 5) is 39.3. The van der Waals surface area contributed by atoms with Gasteiger partial charge in [0, 0.05) is 18.7 Å². The fourth-order valence-electron chi connectivity index (χ4n) is 3.71. The van der Waals surface area contributed by atoms with Gasteiger partial charge in [-0.2, -0.15) is 0 Å². The molecule has 1 saturated heterocycles. The largest absolute Gasteiger partial charge is 0.491 e. The number of nitrogens with zero attached hydrogens (tertiary/aromatic N) is 1. The predicted octanol–water partition coefficient (Wildman–Crippen LogP) is 2.86. The molecular formula is C26H31N3O5S. The summed E-state index contributed by atoms with van der Waals surface area (Å²) in [6, 6.07) is 15.9. The van der Waals surface area contributed by atoms with Crippen LogP contribution in [-0.4, -0.2) is 59.6 Å². The Bertz CT molecular complexity index is 1040. The van der Waals surface area contributed by atoms with Crippen LogP contribution in [-0.2, 0) is 20.7 Å². The number of hydrogen-bond acceptors (Lipinski definition) is 6. The van der Waals surface area contributed by atoms with E-state index in [9.17, 15) is 14.4 Å². The topological polar surface area (TPSA) is 97.0 Å². The Kier molecular flexibility index (Phi) is 9.60. The number of amides is 2. The maximum absolute atomic E-state index is 12.8. The molecule has 1 unspecified atom stereocenters. The molecule has 35 heavy (non-hydrogen) atoms. The van der Waals surface area contributed by atoms with E-state index in [1.807, 2.05) is 44.2 Å². The van der Waals surface area contributed by atoms with Crippen LogP contribution < -0.4 is 15.4 Å². The van der Waals surface area contributed by atoms with E-state index in [1.54, 1.807) is 29.2 Å². The van der Waals surface area contributed by atoms with E-state index in [0.29, 0.717) is 30.8 Å². The molecule has 1 fully saturated rings. The molecule has 2 aromatic carbocycles. The Balaban J connectivity index is 1.54. The fourth-order valence-corrected chi connectivity index (χ4v) is 4.02. The van der Waals surface area contributed by atoms with Gasteiger partial charge in [-0.15, -0.1) is 0 Å². The Morgan fingerprint density at radius 2 is 1.94 bits per heavy atom. The van der Waals surface area contributed by atoms with Crippen LogP contribution in [0.4, 0.5) is 0 Å². The first-order valence-electron chi connectivity index (χ1n) is 11.7. The molecular weight excluding hydrogens is 466 g/mol. The number of thiocarbonyl (C=S) groups is 1. The van der Waals surface area contributed by atoms with E-state index in [4.69, 9.17) is 21.7 Å². The van der Waals surface area contributed by atoms with Gasteiger partial charge in [0.2, 0.25) is 5.91 Å². The summed E-state index contributed by atoms with van der Waals surface area (Å²) in [5, 5.41) is 5.50. The summed E-state index contributed by atoms with van der Waals surface area (Å²) in [6.07, 6.45) is 1.29. The number of carbonyl (C=O) groups is 3. The number of carbonyl (C=O) groups excluding carboxylic acids is 3. The summed E-state index contributed by atoms with van der Waals surface area (Å²) >= 11 is 5.43. The molecule has 0 aromatic heterocycles. The maximum atomic E-state index is 12.8. The number of benzene rings is 2. The van der Waals surface area contributed by atoms with Gasteiger partial charge >= 0.3 is 5.97 Å². The predicted molar refractivity (Wildman–Crippen MR) is 136 cm³/mol. The van der Waals surface area contributed by atoms with Crippen molar-refractivity contribution >= 4 is 35.1 Å². The van der Waals surface area contributed by atoms with E-state index in [0.717, 1.165) is 6.42 Å². The molecule has 1 heterocycles. The van der Waals surface area contributed by atoms with Gasteiger partial charge < -0.3 is 19.7 Å². The third-order valence-corrected chi connectivity index (χ3v) is 5.69. The van der Waals surface area contributed by atoms with E-state index in [1.165, 1.54) is 5.56 Å². The lowest BCUT2D eigenvalue weighted by molar-refractivity contribution is -0.147. The second kappa shape index (κ2) is 12.9. The van der Waals surface area contributed by atoms with Crippen LogP contribution in [0.1, 0.15) is 42.6 Å². The van der Waals surface area contributed by atoms with Crippen LogP contribution in [0.5, 0.6) is 5.75 Å². The van der Waals surface area contributed by atoms with Crippen molar-refractivity contribution < 1.29 is 23.9 Å². The molecule has 3 rings (SSSR count). The molecule has 0 saturated carbocycles. The molecule has 0 bridgehead atoms. The normalized spacial score (nSPS) is 15.3. The molecule has 2 amide bonds. The highest BCUT2D eigenvalue weighted by Gasteiger charge is 2.34. The second-order valence-corrected chi connectivity index (χ2v) is 8.85. The number of rotatable bonds is 9. The average molecular weight is 498 g/mol. The highest BCUT2D eigenvalue weighted by molar-refractivity contribution is 7.80. The first-order valence-corrected chi connectivity index (χ1v) is 12.1. The van der Waals surface area contributed by atoms with Crippen molar-refractivity contribution in [2.24, 2.45) is 0 Å². The Morgan fingerprint density at radius 1 is 1.17 bits per heavy atom. The van der Waals surface area contributed by atoms with Crippen LogP contribution in [0, 0.1) is 0 Å². The van der Waals surface area contributed by atoms with Gasteiger partial charge in [-0.25, -0.2) is 0 Å². The van der Waals surface area contributed by atoms with Crippen molar-refractivity contribution in [3.05, 3.63) is 65.7 Å². The summed E-state index contributed by atoms with van der Waals surface area (Å²) in [5.41, 5.74) is 1.55. The van der Waals surface area contributed by atoms with Gasteiger partial charge in [0.05, 0.1) is 19.1 Å². The van der Waals surface area contributed by atoms with Crippen molar-refractivity contribution in [1.82, 2.24) is 15.5 Å². The lowest BCUT2D eigenvalue weighted by Crippen LogP contribution is -2.60. The lowest BCUT2D eigenvalue weighted by atomic mass is 10.1. The van der Waals surface area contributed by atoms with Crippen molar-refractivity contribution in [3.63, 3.8) is 0 Å². The molecule has 2 aromatic rings. The highest BCUT2D eigenvalue weighted by atomic mass is 32.1. The zero-order valence-corrected chi connectivity index (χ0v) is 20.8. The van der Waals surface area contributed by atoms with Crippen LogP contribution in [0.15, 0.2) is 54.6 Å². The first kappa shape index (κ1) is 26.2. The van der Waals surface area contributed by atoms with E-state index < -0.39 is 17.9 Å². The van der Waals surface area contributed by atoms with Crippen LogP contribution in [0.3, 0.4) is 0 Å². The molecule has 2 N–H and O–H groups in total. The smallest absolute Gasteiger partial charge is 0.308 e. The molecule has 1 atom stereocenters. The summed E-state index contributed by atoms with van der Waals surface area (Å²) in [6.45, 7) is 4.79. The van der Waals surface area contributed by atoms with E-state index in [-0.39, 0.29) is 30.2 Å². The monoisotopic (exact) mass is 497 g/mol. The summed E-state index contributed by atoms with van der Waals surface area (Å²) < 4.78 is 11.0. The van der Waals surface area contributed by atoms with E-state index in [2.05, 4.69) is 10.6 Å². The molecule has 186 valence electrons. The minimum atomic E-state index is -0.853. The SMILES string of the molecule is CC(C)Oc1cccc(C(=O)NC(=S)N2CCNC(=O)C2CC(=O)OCCCc2ccccc2)c1. The van der Waals surface area contributed by atoms with Crippen molar-refractivity contribution in [2.75, 3.05) is 19.7 Å². The average Bonchev–Trinajstić information content (AvgIpc) is 2.83. The number of nitrogens with one attached hydrogen (secondary N) is 2. The number of esters is 1. The zero-order valence-electron chi connectivity index (χ0n) is 20.0. The van der Waals surface area contributed by atoms with Crippen LogP contribution in [0.2, 0.25) is 0 Å². The van der Waals surface area contributed by atoms with Gasteiger partial charge in [0.25, 0.3) is 5.91 Å². The Morgan fingerprint density at radius 3 is 2.69 bits per heavy atom. The van der Waals surface area contributed by atoms with Gasteiger partial charge in [0.1, 0.15) is 11.8 Å². The fraction of sp³-hybridized carbons (Fsp3) is 0.385. The van der Waals surface area contributed by atoms with Crippen LogP contribution >= 0.6 is 12.2 Å². The molecule has 1 aliphatic rings. The number of piperazine rings is 1. The standard InChI is InChI=1S/C26H31N3O5S/c1-18(2)34-21-12-6-11-20(16-21)24(31)28-26(35)29-14-13-27-25(32)22(29)17-23(30)33-15-7-10-19-8-4-3-5-9-19/h3-6,8-9,11-12,16,18,22H,7,10,13-15,17H2,1-2H3,(H,27,32)(H,28,31,35). The maximum Gasteiger partial charge on any atom is 0.308 e. The van der Waals surface area contributed by atoms with Crippen molar-refractivity contribution in [1.29, 1.82) is 0 Å². The Labute approximate surface area is 211 Å². The molecule has 1 aliphatic heterocycles. The van der Waals surface area contributed by atoms with Crippen molar-refractivity contribution in [3.8, 4) is 5.75 Å². The number of hydrogen-bond donors (Lipinski definition) is 2. The lowest BCUT2D eigenvalue weighted by Gasteiger charge is -2.36. The minimum Gasteiger partial charge on any atom is -0.491 e. The molecule has 0 spiro atoms. The summed E-state index contributed by atoms with van der Waals surface area (Å²) in [7, 11) is 0. The van der Waals surface area contributed by atoms with Crippen molar-refractivity contribution in [2.45, 2.75) is 45.3 Å². The quantitative estimate of drug-likeness (QED) is 0.312. The number of aryl methyl sites for hydroxylation is 1. The second-order valence-electron chi connectivity index (χ2n) is 8.47. The molecule has 8 nitrogen and oxygen atoms in total. The molecule has 0 radical (unpaired) electrons. The van der Waals surface area contributed by atoms with Gasteiger partial charge in [-0.1, -0.05) is 36.4 Å². The highest BCUT2D eigenvalue weighted by Crippen LogP contribution is 2.16. The number of ether oxygens (including phenoxy) is 2. The van der Waals surface area contributed by atoms with Crippen LogP contribution in [0.25, 0.3) is 0 Å². The van der Waals surface area contributed by atoms with Gasteiger partial charge in [-0.3, -0.25) is 19.7 Å². The Hall–Kier alpha value is -3.46. The minimum absolute atomic E-state index is 0.0277. The third-order valence-electron chi connectivity index (χ3n) is 5.36. The third kappa shape index (κ3) is 8.06. The zero-order chi connectivity index (χ0) is 25.2. The van der Waals surface area contributed by atoms with Gasteiger partial charge in [-0.05, 0) is 62.7 Å². The first-order chi connectivity index (χ1) is 16.8. The van der Waals surface area contributed by atoms with Gasteiger partial charge in [0.15, 0.2) is 5.11 Å². The van der Waals surface area contributed by atoms with E-state index >= 15 is 0 Å². The molecule has 9 heteroatoms. The molecule has 0 aliphatic carbocycles.